The molecule has 14 heavy (non-hydrogen) atoms. The minimum Gasteiger partial charge on any atom is -0.325 e. The van der Waals surface area contributed by atoms with Gasteiger partial charge in [-0.05, 0) is 54.8 Å². The van der Waals surface area contributed by atoms with E-state index in [0.29, 0.717) is 5.41 Å². The molecule has 5 atom stereocenters. The average Bonchev–Trinajstić information content (AvgIpc) is 2.64. The van der Waals surface area contributed by atoms with Crippen LogP contribution in [0.2, 0.25) is 0 Å². The predicted octanol–water partition coefficient (Wildman–Crippen LogP) is 2.80. The van der Waals surface area contributed by atoms with Crippen molar-refractivity contribution in [1.29, 1.82) is 0 Å². The number of hydrogen-bond acceptors (Lipinski definition) is 1. The van der Waals surface area contributed by atoms with Gasteiger partial charge in [0.25, 0.3) is 0 Å². The molecule has 1 nitrogen and oxygen atoms in total. The van der Waals surface area contributed by atoms with Crippen LogP contribution in [0.3, 0.4) is 0 Å². The number of rotatable bonds is 0. The highest BCUT2D eigenvalue weighted by Gasteiger charge is 2.65. The third kappa shape index (κ3) is 0.816. The summed E-state index contributed by atoms with van der Waals surface area (Å²) in [4.78, 5) is 0. The van der Waals surface area contributed by atoms with Gasteiger partial charge in [-0.2, -0.15) is 0 Å². The maximum atomic E-state index is 6.72. The van der Waals surface area contributed by atoms with Crippen molar-refractivity contribution < 1.29 is 0 Å². The third-order valence-corrected chi connectivity index (χ3v) is 6.02. The lowest BCUT2D eigenvalue weighted by Crippen LogP contribution is -2.50. The van der Waals surface area contributed by atoms with Crippen molar-refractivity contribution in [2.24, 2.45) is 34.8 Å². The Hall–Kier alpha value is -0.0400. The van der Waals surface area contributed by atoms with Gasteiger partial charge in [0.1, 0.15) is 0 Å². The van der Waals surface area contributed by atoms with Crippen LogP contribution in [0.4, 0.5) is 0 Å². The zero-order valence-electron chi connectivity index (χ0n) is 9.72. The highest BCUT2D eigenvalue weighted by molar-refractivity contribution is 5.19. The Bertz CT molecular complexity index is 270. The van der Waals surface area contributed by atoms with Crippen molar-refractivity contribution in [2.45, 2.75) is 52.0 Å². The van der Waals surface area contributed by atoms with Crippen LogP contribution >= 0.6 is 0 Å². The lowest BCUT2D eigenvalue weighted by molar-refractivity contribution is 0.108. The topological polar surface area (TPSA) is 26.0 Å². The molecule has 0 aromatic heterocycles. The van der Waals surface area contributed by atoms with Crippen molar-refractivity contribution in [2.75, 3.05) is 0 Å². The van der Waals surface area contributed by atoms with E-state index in [2.05, 4.69) is 20.8 Å². The molecule has 3 aliphatic rings. The lowest BCUT2D eigenvalue weighted by atomic mass is 9.67. The second-order valence-electron chi connectivity index (χ2n) is 6.79. The summed E-state index contributed by atoms with van der Waals surface area (Å²) in [6, 6.07) is 0. The van der Waals surface area contributed by atoms with Crippen LogP contribution in [0.25, 0.3) is 0 Å². The maximum Gasteiger partial charge on any atom is 0.0222 e. The molecule has 3 saturated carbocycles. The molecule has 0 aromatic carbocycles. The SMILES string of the molecule is CC1CC2(N)C3CCC(C3)C2C1(C)C. The van der Waals surface area contributed by atoms with E-state index in [-0.39, 0.29) is 5.54 Å². The summed E-state index contributed by atoms with van der Waals surface area (Å²) in [6.45, 7) is 7.32. The fraction of sp³-hybridized carbons (Fsp3) is 1.00. The number of nitrogens with two attached hydrogens (primary N) is 1. The summed E-state index contributed by atoms with van der Waals surface area (Å²) in [5, 5.41) is 0. The summed E-state index contributed by atoms with van der Waals surface area (Å²) in [5.41, 5.74) is 7.44. The van der Waals surface area contributed by atoms with E-state index in [0.717, 1.165) is 23.7 Å². The summed E-state index contributed by atoms with van der Waals surface area (Å²) < 4.78 is 0. The van der Waals surface area contributed by atoms with Gasteiger partial charge < -0.3 is 5.73 Å². The third-order valence-electron chi connectivity index (χ3n) is 6.02. The maximum absolute atomic E-state index is 6.72. The summed E-state index contributed by atoms with van der Waals surface area (Å²) in [5.74, 6) is 3.47. The fourth-order valence-corrected chi connectivity index (χ4v) is 5.19. The van der Waals surface area contributed by atoms with Gasteiger partial charge in [0.15, 0.2) is 0 Å². The van der Waals surface area contributed by atoms with Gasteiger partial charge in [0.05, 0.1) is 0 Å². The summed E-state index contributed by atoms with van der Waals surface area (Å²) in [6.07, 6.45) is 5.61. The van der Waals surface area contributed by atoms with E-state index in [9.17, 15) is 0 Å². The molecular weight excluding hydrogens is 170 g/mol. The van der Waals surface area contributed by atoms with Crippen LogP contribution in [-0.4, -0.2) is 5.54 Å². The minimum absolute atomic E-state index is 0.228. The number of fused-ring (bicyclic) bond motifs is 5. The second kappa shape index (κ2) is 2.37. The predicted molar refractivity (Wildman–Crippen MR) is 58.8 cm³/mol. The first-order valence-electron chi connectivity index (χ1n) is 6.25. The van der Waals surface area contributed by atoms with Crippen molar-refractivity contribution in [3.8, 4) is 0 Å². The average molecular weight is 193 g/mol. The Morgan fingerprint density at radius 2 is 1.93 bits per heavy atom. The molecule has 0 aliphatic heterocycles. The van der Waals surface area contributed by atoms with E-state index in [1.807, 2.05) is 0 Å². The Kier molecular flexibility index (Phi) is 1.56. The van der Waals surface area contributed by atoms with Gasteiger partial charge in [-0.15, -0.1) is 0 Å². The zero-order chi connectivity index (χ0) is 10.1. The summed E-state index contributed by atoms with van der Waals surface area (Å²) >= 11 is 0. The monoisotopic (exact) mass is 193 g/mol. The van der Waals surface area contributed by atoms with Crippen LogP contribution in [0.15, 0.2) is 0 Å². The first-order valence-corrected chi connectivity index (χ1v) is 6.25. The fourth-order valence-electron chi connectivity index (χ4n) is 5.19. The van der Waals surface area contributed by atoms with Crippen LogP contribution < -0.4 is 5.73 Å². The van der Waals surface area contributed by atoms with E-state index >= 15 is 0 Å². The van der Waals surface area contributed by atoms with Crippen molar-refractivity contribution >= 4 is 0 Å². The Morgan fingerprint density at radius 1 is 1.21 bits per heavy atom. The molecule has 0 saturated heterocycles. The van der Waals surface area contributed by atoms with Gasteiger partial charge in [0.2, 0.25) is 0 Å². The molecule has 0 radical (unpaired) electrons. The molecule has 0 aromatic rings. The van der Waals surface area contributed by atoms with Crippen LogP contribution in [0.5, 0.6) is 0 Å². The summed E-state index contributed by atoms with van der Waals surface area (Å²) in [7, 11) is 0. The van der Waals surface area contributed by atoms with Gasteiger partial charge in [-0.25, -0.2) is 0 Å². The molecule has 0 amide bonds. The Labute approximate surface area is 87.4 Å². The standard InChI is InChI=1S/C13H23N/c1-8-7-13(14)10-5-4-9(6-10)11(13)12(8,2)3/h8-11H,4-7,14H2,1-3H3. The smallest absolute Gasteiger partial charge is 0.0222 e. The molecule has 3 rings (SSSR count). The molecule has 3 fully saturated rings. The lowest BCUT2D eigenvalue weighted by Gasteiger charge is -2.41. The van der Waals surface area contributed by atoms with Gasteiger partial charge >= 0.3 is 0 Å². The van der Waals surface area contributed by atoms with Gasteiger partial charge in [0, 0.05) is 5.54 Å². The van der Waals surface area contributed by atoms with Crippen LogP contribution in [0.1, 0.15) is 46.5 Å². The zero-order valence-corrected chi connectivity index (χ0v) is 9.72. The van der Waals surface area contributed by atoms with E-state index in [1.165, 1.54) is 25.7 Å². The molecule has 3 aliphatic carbocycles. The Balaban J connectivity index is 2.04. The van der Waals surface area contributed by atoms with E-state index < -0.39 is 0 Å². The number of hydrogen-bond donors (Lipinski definition) is 1. The largest absolute Gasteiger partial charge is 0.325 e. The molecule has 0 heterocycles. The molecule has 1 heteroatoms. The molecular formula is C13H23N. The minimum atomic E-state index is 0.228. The highest BCUT2D eigenvalue weighted by Crippen LogP contribution is 2.67. The molecule has 0 spiro atoms. The first-order chi connectivity index (χ1) is 6.46. The highest BCUT2D eigenvalue weighted by atomic mass is 14.9. The van der Waals surface area contributed by atoms with Gasteiger partial charge in [-0.1, -0.05) is 20.8 Å². The van der Waals surface area contributed by atoms with Crippen LogP contribution in [-0.2, 0) is 0 Å². The van der Waals surface area contributed by atoms with Crippen molar-refractivity contribution in [3.05, 3.63) is 0 Å². The quantitative estimate of drug-likeness (QED) is 0.629. The first kappa shape index (κ1) is 9.21. The van der Waals surface area contributed by atoms with E-state index in [4.69, 9.17) is 5.73 Å². The van der Waals surface area contributed by atoms with Crippen molar-refractivity contribution in [1.82, 2.24) is 0 Å². The normalized spacial score (nSPS) is 59.1. The van der Waals surface area contributed by atoms with Crippen LogP contribution in [0, 0.1) is 29.1 Å². The Morgan fingerprint density at radius 3 is 2.57 bits per heavy atom. The molecule has 80 valence electrons. The molecule has 2 N–H and O–H groups in total. The van der Waals surface area contributed by atoms with Crippen molar-refractivity contribution in [3.63, 3.8) is 0 Å². The molecule has 2 bridgehead atoms. The van der Waals surface area contributed by atoms with Gasteiger partial charge in [-0.3, -0.25) is 0 Å². The molecule has 5 unspecified atom stereocenters. The van der Waals surface area contributed by atoms with E-state index in [1.54, 1.807) is 0 Å². The second-order valence-corrected chi connectivity index (χ2v) is 6.79.